The Morgan fingerprint density at radius 3 is 2.11 bits per heavy atom. The number of carbonyl (C=O) groups is 3. The molecule has 3 fully saturated rings. The summed E-state index contributed by atoms with van der Waals surface area (Å²) in [5, 5.41) is 13.5. The van der Waals surface area contributed by atoms with Crippen LogP contribution in [-0.4, -0.2) is 125 Å². The number of carbonyl (C=O) groups excluding carboxylic acids is 3. The second kappa shape index (κ2) is 16.6. The molecule has 11 heteroatoms. The first-order valence-electron chi connectivity index (χ1n) is 19.4. The van der Waals surface area contributed by atoms with Gasteiger partial charge in [0.1, 0.15) is 5.75 Å². The Labute approximate surface area is 313 Å². The number of likely N-dealkylation sites (tertiary alicyclic amines) is 2. The van der Waals surface area contributed by atoms with Crippen LogP contribution in [0.5, 0.6) is 5.75 Å². The fourth-order valence-electron chi connectivity index (χ4n) is 8.65. The number of piperazine rings is 1. The molecule has 0 bridgehead atoms. The van der Waals surface area contributed by atoms with Crippen molar-refractivity contribution in [3.63, 3.8) is 0 Å². The number of piperidine rings is 2. The lowest BCUT2D eigenvalue weighted by molar-refractivity contribution is -0.143. The summed E-state index contributed by atoms with van der Waals surface area (Å²) in [6.07, 6.45) is 3.05. The number of phenols is 1. The van der Waals surface area contributed by atoms with Gasteiger partial charge < -0.3 is 29.9 Å². The number of nitrogens with one attached hydrogen (secondary N) is 1. The summed E-state index contributed by atoms with van der Waals surface area (Å²) in [5.74, 6) is 0.0650. The number of anilines is 1. The minimum absolute atomic E-state index is 0.0149. The summed E-state index contributed by atoms with van der Waals surface area (Å²) in [5.41, 5.74) is 5.63. The highest BCUT2D eigenvalue weighted by atomic mass is 16.6. The maximum absolute atomic E-state index is 14.2. The van der Waals surface area contributed by atoms with Crippen LogP contribution in [0.15, 0.2) is 66.7 Å². The molecule has 11 nitrogen and oxygen atoms in total. The predicted molar refractivity (Wildman–Crippen MR) is 205 cm³/mol. The molecule has 0 spiro atoms. The lowest BCUT2D eigenvalue weighted by Crippen LogP contribution is -2.56. The molecule has 4 amide bonds. The van der Waals surface area contributed by atoms with Crippen LogP contribution in [0, 0.1) is 13.8 Å². The summed E-state index contributed by atoms with van der Waals surface area (Å²) in [4.78, 5) is 51.5. The Morgan fingerprint density at radius 1 is 0.774 bits per heavy atom. The van der Waals surface area contributed by atoms with E-state index in [1.54, 1.807) is 4.90 Å². The van der Waals surface area contributed by atoms with Gasteiger partial charge >= 0.3 is 12.1 Å². The first kappa shape index (κ1) is 36.7. The molecule has 282 valence electrons. The number of fused-ring (bicyclic) bond motifs is 1. The van der Waals surface area contributed by atoms with E-state index < -0.39 is 12.2 Å². The predicted octanol–water partition coefficient (Wildman–Crippen LogP) is 5.42. The molecule has 3 aromatic rings. The van der Waals surface area contributed by atoms with Crippen molar-refractivity contribution in [3.05, 3.63) is 94.5 Å². The monoisotopic (exact) mass is 722 g/mol. The first-order valence-corrected chi connectivity index (χ1v) is 19.4. The number of aromatic hydroxyl groups is 1. The standard InChI is InChI=1S/C42H54N6O5/c1-30-26-33(27-31(2)39(30)49)28-38(40(50)46-24-22-45(23-25-46)35-13-17-44(18-14-35)29-32-8-4-3-5-9-32)53-42(52)47-19-15-36(16-20-47)48-21-12-34-10-6-7-11-37(34)43-41(48)51/h3-11,26-27,35-36,38,49H,12-25,28-29H2,1-2H3,(H,43,51). The van der Waals surface area contributed by atoms with Crippen molar-refractivity contribution in [2.24, 2.45) is 0 Å². The van der Waals surface area contributed by atoms with Crippen LogP contribution in [0.4, 0.5) is 15.3 Å². The van der Waals surface area contributed by atoms with Crippen molar-refractivity contribution < 1.29 is 24.2 Å². The summed E-state index contributed by atoms with van der Waals surface area (Å²) in [7, 11) is 0. The highest BCUT2D eigenvalue weighted by Gasteiger charge is 2.36. The van der Waals surface area contributed by atoms with Crippen molar-refractivity contribution in [2.75, 3.05) is 64.2 Å². The molecule has 0 aromatic heterocycles. The van der Waals surface area contributed by atoms with Gasteiger partial charge in [-0.3, -0.25) is 14.6 Å². The number of aryl methyl sites for hydroxylation is 2. The van der Waals surface area contributed by atoms with Gasteiger partial charge in [0.15, 0.2) is 6.10 Å². The van der Waals surface area contributed by atoms with Crippen molar-refractivity contribution in [1.82, 2.24) is 24.5 Å². The van der Waals surface area contributed by atoms with Crippen LogP contribution in [0.2, 0.25) is 0 Å². The summed E-state index contributed by atoms with van der Waals surface area (Å²) >= 11 is 0. The van der Waals surface area contributed by atoms with Crippen molar-refractivity contribution in [1.29, 1.82) is 0 Å². The lowest BCUT2D eigenvalue weighted by Gasteiger charge is -2.43. The van der Waals surface area contributed by atoms with E-state index in [0.29, 0.717) is 51.6 Å². The third-order valence-corrected chi connectivity index (χ3v) is 11.7. The molecule has 2 N–H and O–H groups in total. The molecule has 4 heterocycles. The lowest BCUT2D eigenvalue weighted by atomic mass is 10.00. The zero-order valence-electron chi connectivity index (χ0n) is 31.2. The molecular weight excluding hydrogens is 668 g/mol. The molecule has 4 aliphatic heterocycles. The van der Waals surface area contributed by atoms with E-state index in [2.05, 4.69) is 45.4 Å². The van der Waals surface area contributed by atoms with Crippen molar-refractivity contribution in [3.8, 4) is 5.75 Å². The van der Waals surface area contributed by atoms with Crippen LogP contribution in [0.25, 0.3) is 0 Å². The Hall–Kier alpha value is -4.61. The Kier molecular flexibility index (Phi) is 11.5. The normalized spacial score (nSPS) is 20.0. The van der Waals surface area contributed by atoms with Gasteiger partial charge in [0.25, 0.3) is 5.91 Å². The maximum Gasteiger partial charge on any atom is 0.410 e. The highest BCUT2D eigenvalue weighted by Crippen LogP contribution is 2.27. The number of nitrogens with zero attached hydrogens (tertiary/aromatic N) is 5. The van der Waals surface area contributed by atoms with E-state index in [-0.39, 0.29) is 30.2 Å². The molecule has 1 atom stereocenters. The average Bonchev–Trinajstić information content (AvgIpc) is 3.35. The molecule has 0 aliphatic carbocycles. The summed E-state index contributed by atoms with van der Waals surface area (Å²) in [6.45, 7) is 11.1. The van der Waals surface area contributed by atoms with Gasteiger partial charge in [0, 0.05) is 76.5 Å². The topological polar surface area (TPSA) is 109 Å². The Balaban J connectivity index is 0.945. The number of hydrogen-bond acceptors (Lipinski definition) is 7. The number of para-hydroxylation sites is 1. The van der Waals surface area contributed by atoms with E-state index in [1.165, 1.54) is 5.56 Å². The third-order valence-electron chi connectivity index (χ3n) is 11.7. The second-order valence-corrected chi connectivity index (χ2v) is 15.3. The molecule has 0 saturated carbocycles. The van der Waals surface area contributed by atoms with Gasteiger partial charge in [-0.25, -0.2) is 9.59 Å². The van der Waals surface area contributed by atoms with Gasteiger partial charge in [-0.2, -0.15) is 0 Å². The van der Waals surface area contributed by atoms with Gasteiger partial charge in [-0.05, 0) is 92.9 Å². The zero-order valence-corrected chi connectivity index (χ0v) is 31.2. The van der Waals surface area contributed by atoms with Crippen LogP contribution in [-0.2, 0) is 28.9 Å². The van der Waals surface area contributed by atoms with E-state index in [1.807, 2.05) is 60.0 Å². The fraction of sp³-hybridized carbons (Fsp3) is 0.500. The summed E-state index contributed by atoms with van der Waals surface area (Å²) < 4.78 is 6.11. The number of amides is 4. The smallest absolute Gasteiger partial charge is 0.410 e. The highest BCUT2D eigenvalue weighted by molar-refractivity contribution is 5.91. The number of ether oxygens (including phenoxy) is 1. The van der Waals surface area contributed by atoms with Gasteiger partial charge in [0.05, 0.1) is 0 Å². The largest absolute Gasteiger partial charge is 0.507 e. The molecule has 3 aromatic carbocycles. The molecule has 1 unspecified atom stereocenters. The van der Waals surface area contributed by atoms with E-state index in [0.717, 1.165) is 79.9 Å². The van der Waals surface area contributed by atoms with Gasteiger partial charge in [-0.1, -0.05) is 60.7 Å². The number of urea groups is 1. The van der Waals surface area contributed by atoms with Crippen molar-refractivity contribution in [2.45, 2.75) is 77.1 Å². The van der Waals surface area contributed by atoms with Gasteiger partial charge in [0.2, 0.25) is 0 Å². The molecule has 4 aliphatic rings. The molecule has 53 heavy (non-hydrogen) atoms. The Bertz CT molecular complexity index is 1720. The van der Waals surface area contributed by atoms with Gasteiger partial charge in [-0.15, -0.1) is 0 Å². The number of phenolic OH excluding ortho intramolecular Hbond substituents is 1. The maximum atomic E-state index is 14.2. The molecular formula is C42H54N6O5. The van der Waals surface area contributed by atoms with Crippen LogP contribution in [0.1, 0.15) is 53.5 Å². The van der Waals surface area contributed by atoms with E-state index in [9.17, 15) is 19.5 Å². The van der Waals surface area contributed by atoms with Crippen LogP contribution >= 0.6 is 0 Å². The fourth-order valence-corrected chi connectivity index (χ4v) is 8.65. The van der Waals surface area contributed by atoms with Crippen LogP contribution in [0.3, 0.4) is 0 Å². The Morgan fingerprint density at radius 2 is 1.42 bits per heavy atom. The van der Waals surface area contributed by atoms with E-state index in [4.69, 9.17) is 4.74 Å². The quantitative estimate of drug-likeness (QED) is 0.320. The number of hydrogen-bond donors (Lipinski definition) is 2. The SMILES string of the molecule is Cc1cc(CC(OC(=O)N2CCC(N3CCc4ccccc4NC3=O)CC2)C(=O)N2CCN(C3CCN(Cc4ccccc4)CC3)CC2)cc(C)c1O. The summed E-state index contributed by atoms with van der Waals surface area (Å²) in [6, 6.07) is 22.7. The molecule has 0 radical (unpaired) electrons. The third kappa shape index (κ3) is 8.79. The average molecular weight is 723 g/mol. The van der Waals surface area contributed by atoms with Crippen LogP contribution < -0.4 is 5.32 Å². The molecule has 3 saturated heterocycles. The van der Waals surface area contributed by atoms with Crippen molar-refractivity contribution >= 4 is 23.7 Å². The first-order chi connectivity index (χ1) is 25.7. The zero-order chi connectivity index (χ0) is 36.9. The minimum atomic E-state index is -0.980. The number of benzene rings is 3. The van der Waals surface area contributed by atoms with E-state index >= 15 is 0 Å². The molecule has 7 rings (SSSR count). The minimum Gasteiger partial charge on any atom is -0.507 e. The second-order valence-electron chi connectivity index (χ2n) is 15.3. The number of rotatable bonds is 8.